The van der Waals surface area contributed by atoms with Gasteiger partial charge < -0.3 is 10.6 Å². The Morgan fingerprint density at radius 2 is 1.88 bits per heavy atom. The van der Waals surface area contributed by atoms with Crippen LogP contribution in [0, 0.1) is 6.92 Å². The normalized spacial score (nSPS) is 11.0. The minimum atomic E-state index is -0.253. The number of aryl methyl sites for hydroxylation is 2. The van der Waals surface area contributed by atoms with Crippen LogP contribution >= 0.6 is 0 Å². The van der Waals surface area contributed by atoms with Crippen LogP contribution in [-0.2, 0) is 13.0 Å². The third-order valence-corrected chi connectivity index (χ3v) is 5.27. The molecule has 174 valence electrons. The standard InChI is InChI=1S/C25H28N8O/c1-5-19-11-23(33-32-19)30-22-10-16(4)29-24(31-22)18-7-9-21(27-14-18)25(34)28-13-17-6-8-20(15(2)3)26-12-17/h6-12,14-15H,5,13H2,1-4H3,(H,28,34)(H2,29,30,31,32,33). The Hall–Kier alpha value is -4.14. The average Bonchev–Trinajstić information content (AvgIpc) is 3.30. The minimum absolute atomic E-state index is 0.253. The first-order valence-electron chi connectivity index (χ1n) is 11.3. The van der Waals surface area contributed by atoms with Gasteiger partial charge in [-0.15, -0.1) is 0 Å². The van der Waals surface area contributed by atoms with E-state index in [1.165, 1.54) is 0 Å². The fourth-order valence-electron chi connectivity index (χ4n) is 3.32. The topological polar surface area (TPSA) is 121 Å². The minimum Gasteiger partial charge on any atom is -0.347 e. The first-order chi connectivity index (χ1) is 16.4. The zero-order valence-corrected chi connectivity index (χ0v) is 19.8. The highest BCUT2D eigenvalue weighted by Crippen LogP contribution is 2.20. The summed E-state index contributed by atoms with van der Waals surface area (Å²) in [7, 11) is 0. The molecule has 0 saturated heterocycles. The molecule has 0 unspecified atom stereocenters. The Kier molecular flexibility index (Phi) is 6.91. The Balaban J connectivity index is 1.42. The van der Waals surface area contributed by atoms with Crippen molar-refractivity contribution in [3.63, 3.8) is 0 Å². The SMILES string of the molecule is CCc1cc(Nc2cc(C)nc(-c3ccc(C(=O)NCc4ccc(C(C)C)nc4)nc3)n2)n[nH]1. The van der Waals surface area contributed by atoms with Gasteiger partial charge in [0, 0.05) is 53.7 Å². The van der Waals surface area contributed by atoms with E-state index < -0.39 is 0 Å². The van der Waals surface area contributed by atoms with Crippen LogP contribution in [0.3, 0.4) is 0 Å². The van der Waals surface area contributed by atoms with E-state index in [4.69, 9.17) is 0 Å². The van der Waals surface area contributed by atoms with E-state index >= 15 is 0 Å². The van der Waals surface area contributed by atoms with E-state index in [0.717, 1.165) is 29.1 Å². The second kappa shape index (κ2) is 10.2. The predicted molar refractivity (Wildman–Crippen MR) is 131 cm³/mol. The summed E-state index contributed by atoms with van der Waals surface area (Å²) in [5, 5.41) is 13.3. The number of amides is 1. The van der Waals surface area contributed by atoms with Crippen LogP contribution in [0.2, 0.25) is 0 Å². The maximum Gasteiger partial charge on any atom is 0.270 e. The van der Waals surface area contributed by atoms with Crippen molar-refractivity contribution in [2.45, 2.75) is 46.6 Å². The van der Waals surface area contributed by atoms with Crippen LogP contribution in [0.1, 0.15) is 59.8 Å². The molecular formula is C25H28N8O. The molecule has 0 aliphatic carbocycles. The second-order valence-corrected chi connectivity index (χ2v) is 8.34. The monoisotopic (exact) mass is 456 g/mol. The molecule has 0 aromatic carbocycles. The molecule has 0 saturated carbocycles. The summed E-state index contributed by atoms with van der Waals surface area (Å²) in [5.41, 5.74) is 4.84. The molecule has 0 aliphatic heterocycles. The zero-order chi connectivity index (χ0) is 24.1. The van der Waals surface area contributed by atoms with Gasteiger partial charge in [0.1, 0.15) is 11.5 Å². The molecule has 4 heterocycles. The molecule has 0 bridgehead atoms. The fourth-order valence-corrected chi connectivity index (χ4v) is 3.32. The number of rotatable bonds is 8. The lowest BCUT2D eigenvalue weighted by Gasteiger charge is -2.08. The molecule has 0 spiro atoms. The van der Waals surface area contributed by atoms with Crippen molar-refractivity contribution in [1.29, 1.82) is 0 Å². The Labute approximate surface area is 198 Å². The van der Waals surface area contributed by atoms with Gasteiger partial charge in [-0.2, -0.15) is 5.10 Å². The van der Waals surface area contributed by atoms with Gasteiger partial charge in [-0.05, 0) is 43.0 Å². The third-order valence-electron chi connectivity index (χ3n) is 5.27. The Morgan fingerprint density at radius 3 is 2.53 bits per heavy atom. The molecule has 4 aromatic rings. The van der Waals surface area contributed by atoms with E-state index in [-0.39, 0.29) is 5.91 Å². The predicted octanol–water partition coefficient (Wildman–Crippen LogP) is 4.32. The van der Waals surface area contributed by atoms with Crippen LogP contribution in [0.4, 0.5) is 11.6 Å². The number of nitrogens with one attached hydrogen (secondary N) is 3. The van der Waals surface area contributed by atoms with Crippen molar-refractivity contribution in [1.82, 2.24) is 35.5 Å². The largest absolute Gasteiger partial charge is 0.347 e. The van der Waals surface area contributed by atoms with Crippen molar-refractivity contribution < 1.29 is 4.79 Å². The van der Waals surface area contributed by atoms with Gasteiger partial charge >= 0.3 is 0 Å². The van der Waals surface area contributed by atoms with Crippen LogP contribution in [-0.4, -0.2) is 36.0 Å². The summed E-state index contributed by atoms with van der Waals surface area (Å²) in [5.74, 6) is 1.97. The molecule has 34 heavy (non-hydrogen) atoms. The number of aromatic amines is 1. The summed E-state index contributed by atoms with van der Waals surface area (Å²) >= 11 is 0. The molecule has 9 heteroatoms. The molecule has 4 aromatic heterocycles. The maximum atomic E-state index is 12.5. The van der Waals surface area contributed by atoms with Crippen molar-refractivity contribution in [2.75, 3.05) is 5.32 Å². The molecule has 1 amide bonds. The van der Waals surface area contributed by atoms with Crippen molar-refractivity contribution in [3.05, 3.63) is 77.1 Å². The van der Waals surface area contributed by atoms with Gasteiger partial charge in [0.2, 0.25) is 0 Å². The summed E-state index contributed by atoms with van der Waals surface area (Å²) in [4.78, 5) is 30.4. The number of aromatic nitrogens is 6. The number of H-pyrrole nitrogens is 1. The van der Waals surface area contributed by atoms with Gasteiger partial charge in [0.05, 0.1) is 0 Å². The summed E-state index contributed by atoms with van der Waals surface area (Å²) in [6, 6.07) is 11.2. The molecule has 0 atom stereocenters. The quantitative estimate of drug-likeness (QED) is 0.361. The van der Waals surface area contributed by atoms with Crippen LogP contribution in [0.5, 0.6) is 0 Å². The van der Waals surface area contributed by atoms with Crippen LogP contribution in [0.15, 0.2) is 48.8 Å². The third kappa shape index (κ3) is 5.61. The fraction of sp³-hybridized carbons (Fsp3) is 0.280. The second-order valence-electron chi connectivity index (χ2n) is 8.34. The average molecular weight is 457 g/mol. The Bertz CT molecular complexity index is 1260. The summed E-state index contributed by atoms with van der Waals surface area (Å²) in [6.45, 7) is 8.54. The molecule has 0 aliphatic rings. The molecule has 9 nitrogen and oxygen atoms in total. The number of hydrogen-bond acceptors (Lipinski definition) is 7. The molecule has 3 N–H and O–H groups in total. The zero-order valence-electron chi connectivity index (χ0n) is 19.8. The van der Waals surface area contributed by atoms with Crippen LogP contribution in [0.25, 0.3) is 11.4 Å². The lowest BCUT2D eigenvalue weighted by molar-refractivity contribution is 0.0946. The van der Waals surface area contributed by atoms with E-state index in [9.17, 15) is 4.79 Å². The number of hydrogen-bond donors (Lipinski definition) is 3. The first kappa shape index (κ1) is 23.0. The van der Waals surface area contributed by atoms with Crippen molar-refractivity contribution in [2.24, 2.45) is 0 Å². The highest BCUT2D eigenvalue weighted by molar-refractivity contribution is 5.92. The summed E-state index contributed by atoms with van der Waals surface area (Å²) in [6.07, 6.45) is 4.27. The van der Waals surface area contributed by atoms with E-state index in [0.29, 0.717) is 41.2 Å². The number of nitrogens with zero attached hydrogens (tertiary/aromatic N) is 5. The molecule has 0 fully saturated rings. The summed E-state index contributed by atoms with van der Waals surface area (Å²) < 4.78 is 0. The number of pyridine rings is 2. The smallest absolute Gasteiger partial charge is 0.270 e. The van der Waals surface area contributed by atoms with Gasteiger partial charge in [-0.3, -0.25) is 19.9 Å². The lowest BCUT2D eigenvalue weighted by Crippen LogP contribution is -2.23. The number of carbonyl (C=O) groups excluding carboxylic acids is 1. The molecule has 0 radical (unpaired) electrons. The highest BCUT2D eigenvalue weighted by Gasteiger charge is 2.11. The molecular weight excluding hydrogens is 428 g/mol. The lowest BCUT2D eigenvalue weighted by atomic mass is 10.1. The van der Waals surface area contributed by atoms with Crippen molar-refractivity contribution in [3.8, 4) is 11.4 Å². The van der Waals surface area contributed by atoms with Gasteiger partial charge in [0.25, 0.3) is 5.91 Å². The van der Waals surface area contributed by atoms with E-state index in [1.807, 2.05) is 31.2 Å². The van der Waals surface area contributed by atoms with Crippen LogP contribution < -0.4 is 10.6 Å². The Morgan fingerprint density at radius 1 is 1.03 bits per heavy atom. The van der Waals surface area contributed by atoms with Gasteiger partial charge in [-0.1, -0.05) is 26.8 Å². The van der Waals surface area contributed by atoms with Gasteiger partial charge in [0.15, 0.2) is 11.6 Å². The number of carbonyl (C=O) groups is 1. The highest BCUT2D eigenvalue weighted by atomic mass is 16.1. The van der Waals surface area contributed by atoms with Gasteiger partial charge in [-0.25, -0.2) is 9.97 Å². The number of anilines is 2. The van der Waals surface area contributed by atoms with E-state index in [1.54, 1.807) is 24.5 Å². The first-order valence-corrected chi connectivity index (χ1v) is 11.3. The molecule has 4 rings (SSSR count). The van der Waals surface area contributed by atoms with E-state index in [2.05, 4.69) is 61.5 Å². The maximum absolute atomic E-state index is 12.5. The van der Waals surface area contributed by atoms with Crippen molar-refractivity contribution >= 4 is 17.5 Å².